The standard InChI is InChI=1S/C14H26O4/c1-9(2)7-17-13(15)11(5)12(6)14(16)18-8-10(3)4/h9-12H,7-8H2,1-6H3. The average molecular weight is 258 g/mol. The minimum absolute atomic E-state index is 0.296. The van der Waals surface area contributed by atoms with E-state index < -0.39 is 11.8 Å². The van der Waals surface area contributed by atoms with E-state index >= 15 is 0 Å². The van der Waals surface area contributed by atoms with E-state index in [1.165, 1.54) is 0 Å². The van der Waals surface area contributed by atoms with Gasteiger partial charge in [0.15, 0.2) is 0 Å². The quantitative estimate of drug-likeness (QED) is 0.659. The Kier molecular flexibility index (Phi) is 7.64. The molecule has 2 atom stereocenters. The van der Waals surface area contributed by atoms with Gasteiger partial charge in [-0.2, -0.15) is 0 Å². The van der Waals surface area contributed by atoms with E-state index in [-0.39, 0.29) is 11.9 Å². The summed E-state index contributed by atoms with van der Waals surface area (Å²) in [6.45, 7) is 12.1. The molecule has 0 saturated heterocycles. The van der Waals surface area contributed by atoms with Gasteiger partial charge in [-0.3, -0.25) is 9.59 Å². The van der Waals surface area contributed by atoms with Crippen LogP contribution in [0.2, 0.25) is 0 Å². The molecular formula is C14H26O4. The van der Waals surface area contributed by atoms with Gasteiger partial charge in [-0.25, -0.2) is 0 Å². The zero-order valence-electron chi connectivity index (χ0n) is 12.4. The van der Waals surface area contributed by atoms with Crippen molar-refractivity contribution in [2.75, 3.05) is 13.2 Å². The molecule has 4 heteroatoms. The highest BCUT2D eigenvalue weighted by Crippen LogP contribution is 2.15. The van der Waals surface area contributed by atoms with Gasteiger partial charge in [-0.1, -0.05) is 41.5 Å². The molecule has 18 heavy (non-hydrogen) atoms. The predicted molar refractivity (Wildman–Crippen MR) is 69.9 cm³/mol. The van der Waals surface area contributed by atoms with Gasteiger partial charge in [0.2, 0.25) is 0 Å². The van der Waals surface area contributed by atoms with Crippen LogP contribution >= 0.6 is 0 Å². The maximum absolute atomic E-state index is 11.7. The van der Waals surface area contributed by atoms with Crippen molar-refractivity contribution >= 4 is 11.9 Å². The van der Waals surface area contributed by atoms with Gasteiger partial charge in [0.1, 0.15) is 0 Å². The molecule has 4 nitrogen and oxygen atoms in total. The van der Waals surface area contributed by atoms with Gasteiger partial charge >= 0.3 is 11.9 Å². The molecule has 0 fully saturated rings. The summed E-state index contributed by atoms with van der Waals surface area (Å²) in [4.78, 5) is 23.4. The van der Waals surface area contributed by atoms with Crippen LogP contribution in [0.5, 0.6) is 0 Å². The molecule has 106 valence electrons. The molecular weight excluding hydrogens is 232 g/mol. The fourth-order valence-electron chi connectivity index (χ4n) is 1.17. The molecule has 0 radical (unpaired) electrons. The van der Waals surface area contributed by atoms with Crippen LogP contribution in [0.1, 0.15) is 41.5 Å². The molecule has 0 aliphatic heterocycles. The summed E-state index contributed by atoms with van der Waals surface area (Å²) >= 11 is 0. The number of esters is 2. The van der Waals surface area contributed by atoms with Crippen LogP contribution in [0.3, 0.4) is 0 Å². The zero-order valence-corrected chi connectivity index (χ0v) is 12.4. The first kappa shape index (κ1) is 16.9. The molecule has 0 aromatic carbocycles. The van der Waals surface area contributed by atoms with E-state index in [4.69, 9.17) is 9.47 Å². The molecule has 0 aromatic heterocycles. The molecule has 0 amide bonds. The Labute approximate surface area is 110 Å². The van der Waals surface area contributed by atoms with Crippen LogP contribution in [0.25, 0.3) is 0 Å². The van der Waals surface area contributed by atoms with Crippen LogP contribution in [0, 0.1) is 23.7 Å². The molecule has 0 saturated carbocycles. The Morgan fingerprint density at radius 2 is 1.00 bits per heavy atom. The minimum atomic E-state index is -0.469. The van der Waals surface area contributed by atoms with Crippen LogP contribution < -0.4 is 0 Å². The summed E-state index contributed by atoms with van der Waals surface area (Å²) in [6, 6.07) is 0. The van der Waals surface area contributed by atoms with Gasteiger partial charge in [-0.05, 0) is 11.8 Å². The molecule has 0 heterocycles. The second-order valence-electron chi connectivity index (χ2n) is 5.63. The molecule has 2 unspecified atom stereocenters. The van der Waals surface area contributed by atoms with Crippen molar-refractivity contribution in [1.82, 2.24) is 0 Å². The van der Waals surface area contributed by atoms with Gasteiger partial charge in [-0.15, -0.1) is 0 Å². The molecule has 0 N–H and O–H groups in total. The van der Waals surface area contributed by atoms with Crippen LogP contribution in [0.15, 0.2) is 0 Å². The Hall–Kier alpha value is -1.06. The van der Waals surface area contributed by atoms with E-state index in [1.807, 2.05) is 27.7 Å². The topological polar surface area (TPSA) is 52.6 Å². The molecule has 0 aromatic rings. The van der Waals surface area contributed by atoms with E-state index in [0.717, 1.165) is 0 Å². The summed E-state index contributed by atoms with van der Waals surface area (Å²) in [7, 11) is 0. The number of rotatable bonds is 7. The summed E-state index contributed by atoms with van der Waals surface area (Å²) in [5.74, 6) is -1.02. The molecule has 0 aliphatic carbocycles. The van der Waals surface area contributed by atoms with Crippen molar-refractivity contribution in [1.29, 1.82) is 0 Å². The highest BCUT2D eigenvalue weighted by Gasteiger charge is 2.28. The Morgan fingerprint density at radius 3 is 1.22 bits per heavy atom. The lowest BCUT2D eigenvalue weighted by Crippen LogP contribution is -2.30. The third-order valence-corrected chi connectivity index (χ3v) is 2.61. The summed E-state index contributed by atoms with van der Waals surface area (Å²) in [6.07, 6.45) is 0. The van der Waals surface area contributed by atoms with E-state index in [1.54, 1.807) is 13.8 Å². The van der Waals surface area contributed by atoms with Crippen LogP contribution in [0.4, 0.5) is 0 Å². The van der Waals surface area contributed by atoms with Gasteiger partial charge in [0.05, 0.1) is 25.0 Å². The van der Waals surface area contributed by atoms with Crippen molar-refractivity contribution in [2.45, 2.75) is 41.5 Å². The molecule has 0 spiro atoms. The highest BCUT2D eigenvalue weighted by molar-refractivity contribution is 5.81. The second-order valence-corrected chi connectivity index (χ2v) is 5.63. The van der Waals surface area contributed by atoms with Crippen LogP contribution in [-0.4, -0.2) is 25.2 Å². The fourth-order valence-corrected chi connectivity index (χ4v) is 1.17. The number of carbonyl (C=O) groups excluding carboxylic acids is 2. The lowest BCUT2D eigenvalue weighted by atomic mass is 9.96. The lowest BCUT2D eigenvalue weighted by molar-refractivity contribution is -0.160. The summed E-state index contributed by atoms with van der Waals surface area (Å²) in [5, 5.41) is 0. The van der Waals surface area contributed by atoms with E-state index in [2.05, 4.69) is 0 Å². The maximum Gasteiger partial charge on any atom is 0.309 e. The van der Waals surface area contributed by atoms with Crippen molar-refractivity contribution in [3.05, 3.63) is 0 Å². The average Bonchev–Trinajstić information content (AvgIpc) is 2.30. The van der Waals surface area contributed by atoms with Crippen molar-refractivity contribution in [3.8, 4) is 0 Å². The number of hydrogen-bond acceptors (Lipinski definition) is 4. The summed E-state index contributed by atoms with van der Waals surface area (Å²) in [5.41, 5.74) is 0. The first-order chi connectivity index (χ1) is 8.25. The van der Waals surface area contributed by atoms with Crippen molar-refractivity contribution < 1.29 is 19.1 Å². The number of ether oxygens (including phenoxy) is 2. The SMILES string of the molecule is CC(C)COC(=O)C(C)C(C)C(=O)OCC(C)C. The monoisotopic (exact) mass is 258 g/mol. The smallest absolute Gasteiger partial charge is 0.309 e. The number of carbonyl (C=O) groups is 2. The van der Waals surface area contributed by atoms with Crippen LogP contribution in [-0.2, 0) is 19.1 Å². The molecule has 0 rings (SSSR count). The van der Waals surface area contributed by atoms with E-state index in [0.29, 0.717) is 25.0 Å². The zero-order chi connectivity index (χ0) is 14.3. The Morgan fingerprint density at radius 1 is 0.722 bits per heavy atom. The molecule has 0 aliphatic rings. The normalized spacial score (nSPS) is 14.4. The van der Waals surface area contributed by atoms with Gasteiger partial charge in [0.25, 0.3) is 0 Å². The Balaban J connectivity index is 4.18. The first-order valence-electron chi connectivity index (χ1n) is 6.59. The van der Waals surface area contributed by atoms with E-state index in [9.17, 15) is 9.59 Å². The number of hydrogen-bond donors (Lipinski definition) is 0. The minimum Gasteiger partial charge on any atom is -0.465 e. The highest BCUT2D eigenvalue weighted by atomic mass is 16.5. The second kappa shape index (κ2) is 8.11. The maximum atomic E-state index is 11.7. The molecule has 0 bridgehead atoms. The Bertz CT molecular complexity index is 243. The third kappa shape index (κ3) is 6.62. The van der Waals surface area contributed by atoms with Gasteiger partial charge in [0, 0.05) is 0 Å². The lowest BCUT2D eigenvalue weighted by Gasteiger charge is -2.18. The first-order valence-corrected chi connectivity index (χ1v) is 6.59. The predicted octanol–water partition coefficient (Wildman–Crippen LogP) is 2.66. The van der Waals surface area contributed by atoms with Crippen molar-refractivity contribution in [3.63, 3.8) is 0 Å². The van der Waals surface area contributed by atoms with Crippen molar-refractivity contribution in [2.24, 2.45) is 23.7 Å². The summed E-state index contributed by atoms with van der Waals surface area (Å²) < 4.78 is 10.2. The van der Waals surface area contributed by atoms with Gasteiger partial charge < -0.3 is 9.47 Å². The third-order valence-electron chi connectivity index (χ3n) is 2.61. The fraction of sp³-hybridized carbons (Fsp3) is 0.857. The largest absolute Gasteiger partial charge is 0.465 e.